The number of nitrogens with one attached hydrogen (secondary N) is 1. The minimum absolute atomic E-state index is 0.0582. The first-order valence-corrected chi connectivity index (χ1v) is 6.63. The Morgan fingerprint density at radius 2 is 2.30 bits per heavy atom. The van der Waals surface area contributed by atoms with Crippen LogP contribution in [0.3, 0.4) is 0 Å². The van der Waals surface area contributed by atoms with Gasteiger partial charge in [-0.15, -0.1) is 0 Å². The summed E-state index contributed by atoms with van der Waals surface area (Å²) in [6.07, 6.45) is 4.12. The number of ether oxygens (including phenoxy) is 1. The van der Waals surface area contributed by atoms with Crippen molar-refractivity contribution in [1.29, 1.82) is 0 Å². The van der Waals surface area contributed by atoms with E-state index in [1.54, 1.807) is 24.5 Å². The molecule has 20 heavy (non-hydrogen) atoms. The van der Waals surface area contributed by atoms with Gasteiger partial charge in [-0.1, -0.05) is 6.07 Å². The number of rotatable bonds is 3. The molecule has 0 bridgehead atoms. The molecular weight excluding hydrogens is 256 g/mol. The topological polar surface area (TPSA) is 64.4 Å². The summed E-state index contributed by atoms with van der Waals surface area (Å²) in [6, 6.07) is 7.22. The van der Waals surface area contributed by atoms with Gasteiger partial charge in [-0.2, -0.15) is 0 Å². The molecule has 104 valence electrons. The van der Waals surface area contributed by atoms with Gasteiger partial charge in [-0.3, -0.25) is 9.78 Å². The van der Waals surface area contributed by atoms with Gasteiger partial charge in [0.25, 0.3) is 5.91 Å². The lowest BCUT2D eigenvalue weighted by atomic mass is 10.0. The molecule has 0 aromatic carbocycles. The van der Waals surface area contributed by atoms with E-state index in [0.29, 0.717) is 12.4 Å². The third-order valence-corrected chi connectivity index (χ3v) is 3.39. The second-order valence-electron chi connectivity index (χ2n) is 4.86. The van der Waals surface area contributed by atoms with Gasteiger partial charge in [-0.25, -0.2) is 0 Å². The van der Waals surface area contributed by atoms with E-state index in [1.807, 2.05) is 19.1 Å². The summed E-state index contributed by atoms with van der Waals surface area (Å²) < 4.78 is 11.0. The smallest absolute Gasteiger partial charge is 0.287 e. The average Bonchev–Trinajstić information content (AvgIpc) is 3.09. The number of pyridine rings is 1. The van der Waals surface area contributed by atoms with Crippen LogP contribution >= 0.6 is 0 Å². The fourth-order valence-electron chi connectivity index (χ4n) is 2.41. The highest BCUT2D eigenvalue weighted by Crippen LogP contribution is 2.28. The van der Waals surface area contributed by atoms with Gasteiger partial charge in [-0.05, 0) is 31.5 Å². The summed E-state index contributed by atoms with van der Waals surface area (Å²) in [5.74, 6) is 0.850. The third kappa shape index (κ3) is 2.58. The van der Waals surface area contributed by atoms with Crippen molar-refractivity contribution in [1.82, 2.24) is 10.3 Å². The molecule has 5 heteroatoms. The van der Waals surface area contributed by atoms with Crippen molar-refractivity contribution in [2.24, 2.45) is 0 Å². The molecule has 5 nitrogen and oxygen atoms in total. The first-order valence-electron chi connectivity index (χ1n) is 6.63. The van der Waals surface area contributed by atoms with Gasteiger partial charge in [0.2, 0.25) is 0 Å². The molecule has 1 aliphatic heterocycles. The predicted molar refractivity (Wildman–Crippen MR) is 72.2 cm³/mol. The van der Waals surface area contributed by atoms with E-state index >= 15 is 0 Å². The highest BCUT2D eigenvalue weighted by Gasteiger charge is 2.31. The molecule has 0 aliphatic carbocycles. The van der Waals surface area contributed by atoms with Crippen molar-refractivity contribution in [2.75, 3.05) is 6.61 Å². The molecule has 2 atom stereocenters. The normalized spacial score (nSPS) is 21.9. The van der Waals surface area contributed by atoms with Gasteiger partial charge in [0.05, 0.1) is 6.04 Å². The van der Waals surface area contributed by atoms with Crippen LogP contribution < -0.4 is 5.32 Å². The molecule has 1 N–H and O–H groups in total. The molecular formula is C15H16N2O3. The van der Waals surface area contributed by atoms with E-state index in [-0.39, 0.29) is 18.1 Å². The maximum Gasteiger partial charge on any atom is 0.287 e. The van der Waals surface area contributed by atoms with Crippen LogP contribution in [0.5, 0.6) is 0 Å². The fraction of sp³-hybridized carbons (Fsp3) is 0.333. The van der Waals surface area contributed by atoms with E-state index in [0.717, 1.165) is 17.7 Å². The number of carbonyl (C=O) groups is 1. The number of carbonyl (C=O) groups excluding carboxylic acids is 1. The van der Waals surface area contributed by atoms with Gasteiger partial charge in [0, 0.05) is 24.6 Å². The number of amides is 1. The Bertz CT molecular complexity index is 594. The molecule has 1 amide bonds. The van der Waals surface area contributed by atoms with Crippen LogP contribution in [0.4, 0.5) is 0 Å². The van der Waals surface area contributed by atoms with Crippen LogP contribution in [0, 0.1) is 6.92 Å². The van der Waals surface area contributed by atoms with Crippen molar-refractivity contribution in [3.8, 4) is 0 Å². The molecule has 1 aliphatic rings. The maximum absolute atomic E-state index is 12.1. The molecule has 2 aromatic rings. The number of aromatic nitrogens is 1. The quantitative estimate of drug-likeness (QED) is 0.930. The van der Waals surface area contributed by atoms with Crippen LogP contribution in [0.25, 0.3) is 0 Å². The molecule has 1 fully saturated rings. The van der Waals surface area contributed by atoms with E-state index in [1.165, 1.54) is 0 Å². The SMILES string of the molecule is Cc1ccc(C(=O)N[C@H]2CCO[C@@H]2c2cccnc2)o1. The molecule has 3 heterocycles. The van der Waals surface area contributed by atoms with Crippen LogP contribution in [0.15, 0.2) is 41.1 Å². The second kappa shape index (κ2) is 5.46. The zero-order valence-electron chi connectivity index (χ0n) is 11.2. The molecule has 0 saturated carbocycles. The van der Waals surface area contributed by atoms with Crippen LogP contribution in [0.1, 0.15) is 34.4 Å². The molecule has 1 saturated heterocycles. The van der Waals surface area contributed by atoms with Crippen molar-refractivity contribution in [3.05, 3.63) is 53.7 Å². The van der Waals surface area contributed by atoms with Crippen molar-refractivity contribution < 1.29 is 13.9 Å². The highest BCUT2D eigenvalue weighted by molar-refractivity contribution is 5.91. The second-order valence-corrected chi connectivity index (χ2v) is 4.86. The summed E-state index contributed by atoms with van der Waals surface area (Å²) in [5, 5.41) is 2.97. The number of hydrogen-bond donors (Lipinski definition) is 1. The lowest BCUT2D eigenvalue weighted by molar-refractivity contribution is 0.0800. The Morgan fingerprint density at radius 1 is 1.40 bits per heavy atom. The third-order valence-electron chi connectivity index (χ3n) is 3.39. The minimum Gasteiger partial charge on any atom is -0.456 e. The molecule has 0 spiro atoms. The standard InChI is InChI=1S/C15H16N2O3/c1-10-4-5-13(20-10)15(18)17-12-6-8-19-14(12)11-3-2-7-16-9-11/h2-5,7,9,12,14H,6,8H2,1H3,(H,17,18)/t12-,14+/m0/s1. The Morgan fingerprint density at radius 3 is 3.00 bits per heavy atom. The Labute approximate surface area is 117 Å². The van der Waals surface area contributed by atoms with Crippen molar-refractivity contribution >= 4 is 5.91 Å². The van der Waals surface area contributed by atoms with Crippen molar-refractivity contribution in [2.45, 2.75) is 25.5 Å². The molecule has 3 rings (SSSR count). The molecule has 0 unspecified atom stereocenters. The number of furan rings is 1. The summed E-state index contributed by atoms with van der Waals surface area (Å²) in [4.78, 5) is 16.2. The average molecular weight is 272 g/mol. The first kappa shape index (κ1) is 12.9. The Balaban J connectivity index is 1.72. The number of aryl methyl sites for hydroxylation is 1. The number of nitrogens with zero attached hydrogens (tertiary/aromatic N) is 1. The lowest BCUT2D eigenvalue weighted by Crippen LogP contribution is -2.36. The van der Waals surface area contributed by atoms with Crippen LogP contribution in [0.2, 0.25) is 0 Å². The lowest BCUT2D eigenvalue weighted by Gasteiger charge is -2.19. The number of hydrogen-bond acceptors (Lipinski definition) is 4. The van der Waals surface area contributed by atoms with Crippen molar-refractivity contribution in [3.63, 3.8) is 0 Å². The summed E-state index contributed by atoms with van der Waals surface area (Å²) in [6.45, 7) is 2.44. The predicted octanol–water partition coefficient (Wildman–Crippen LogP) is 2.24. The van der Waals surface area contributed by atoms with E-state index < -0.39 is 0 Å². The van der Waals surface area contributed by atoms with Gasteiger partial charge >= 0.3 is 0 Å². The molecule has 0 radical (unpaired) electrons. The summed E-state index contributed by atoms with van der Waals surface area (Å²) in [7, 11) is 0. The largest absolute Gasteiger partial charge is 0.456 e. The highest BCUT2D eigenvalue weighted by atomic mass is 16.5. The van der Waals surface area contributed by atoms with Gasteiger partial charge < -0.3 is 14.5 Å². The first-order chi connectivity index (χ1) is 9.74. The molecule has 2 aromatic heterocycles. The maximum atomic E-state index is 12.1. The van der Waals surface area contributed by atoms with E-state index in [9.17, 15) is 4.79 Å². The summed E-state index contributed by atoms with van der Waals surface area (Å²) >= 11 is 0. The van der Waals surface area contributed by atoms with E-state index in [2.05, 4.69) is 10.3 Å². The van der Waals surface area contributed by atoms with E-state index in [4.69, 9.17) is 9.15 Å². The monoisotopic (exact) mass is 272 g/mol. The van der Waals surface area contributed by atoms with Crippen LogP contribution in [-0.2, 0) is 4.74 Å². The van der Waals surface area contributed by atoms with Crippen LogP contribution in [-0.4, -0.2) is 23.5 Å². The zero-order valence-corrected chi connectivity index (χ0v) is 11.2. The summed E-state index contributed by atoms with van der Waals surface area (Å²) in [5.41, 5.74) is 0.978. The van der Waals surface area contributed by atoms with Gasteiger partial charge in [0.15, 0.2) is 5.76 Å². The Kier molecular flexibility index (Phi) is 3.52. The fourth-order valence-corrected chi connectivity index (χ4v) is 2.41. The minimum atomic E-state index is -0.206. The Hall–Kier alpha value is -2.14. The van der Waals surface area contributed by atoms with Gasteiger partial charge in [0.1, 0.15) is 11.9 Å². The zero-order chi connectivity index (χ0) is 13.9.